The van der Waals surface area contributed by atoms with E-state index in [1.54, 1.807) is 85.1 Å². The van der Waals surface area contributed by atoms with Gasteiger partial charge >= 0.3 is 0 Å². The Bertz CT molecular complexity index is 1530. The van der Waals surface area contributed by atoms with Crippen molar-refractivity contribution in [3.8, 4) is 22.4 Å². The molecule has 4 aromatic rings. The third-order valence-electron chi connectivity index (χ3n) is 5.37. The maximum atomic E-state index is 13.2. The molecule has 1 heterocycles. The molecule has 0 aliphatic heterocycles. The van der Waals surface area contributed by atoms with Gasteiger partial charge in [0.15, 0.2) is 9.84 Å². The van der Waals surface area contributed by atoms with Crippen molar-refractivity contribution in [3.63, 3.8) is 0 Å². The van der Waals surface area contributed by atoms with E-state index in [1.165, 1.54) is 12.5 Å². The van der Waals surface area contributed by atoms with E-state index in [9.17, 15) is 13.2 Å². The van der Waals surface area contributed by atoms with Gasteiger partial charge in [0.2, 0.25) is 0 Å². The summed E-state index contributed by atoms with van der Waals surface area (Å²) in [6.45, 7) is 0. The topological polar surface area (TPSA) is 135 Å². The second-order valence-electron chi connectivity index (χ2n) is 7.75. The number of nitrogens with one attached hydrogen (secondary N) is 1. The Labute approximate surface area is 202 Å². The molecule has 1 aromatic heterocycles. The molecular weight excluding hydrogens is 464 g/mol. The monoisotopic (exact) mass is 486 g/mol. The molecular formula is C26H22N4O4S. The van der Waals surface area contributed by atoms with E-state index in [2.05, 4.69) is 15.5 Å². The second kappa shape index (κ2) is 9.78. The largest absolute Gasteiger partial charge is 0.411 e. The van der Waals surface area contributed by atoms with Crippen LogP contribution in [0, 0.1) is 0 Å². The minimum absolute atomic E-state index is 0.237. The Morgan fingerprint density at radius 3 is 2.40 bits per heavy atom. The number of anilines is 2. The average Bonchev–Trinajstić information content (AvgIpc) is 2.85. The van der Waals surface area contributed by atoms with Crippen LogP contribution in [0.2, 0.25) is 0 Å². The van der Waals surface area contributed by atoms with Crippen molar-refractivity contribution in [2.24, 2.45) is 5.16 Å². The number of pyridine rings is 1. The summed E-state index contributed by atoms with van der Waals surface area (Å²) < 4.78 is 24.3. The van der Waals surface area contributed by atoms with E-state index >= 15 is 0 Å². The summed E-state index contributed by atoms with van der Waals surface area (Å²) in [5.41, 5.74) is 9.89. The minimum atomic E-state index is -3.40. The van der Waals surface area contributed by atoms with Gasteiger partial charge in [-0.2, -0.15) is 0 Å². The fourth-order valence-corrected chi connectivity index (χ4v) is 4.67. The number of nitrogens with zero attached hydrogens (tertiary/aromatic N) is 2. The quantitative estimate of drug-likeness (QED) is 0.159. The van der Waals surface area contributed by atoms with E-state index in [-0.39, 0.29) is 4.90 Å². The second-order valence-corrected chi connectivity index (χ2v) is 9.74. The number of carbonyl (C=O) groups is 1. The molecule has 0 saturated heterocycles. The molecule has 9 heteroatoms. The zero-order valence-electron chi connectivity index (χ0n) is 18.7. The fourth-order valence-electron chi connectivity index (χ4n) is 3.75. The van der Waals surface area contributed by atoms with Gasteiger partial charge in [0.05, 0.1) is 22.4 Å². The number of rotatable bonds is 6. The van der Waals surface area contributed by atoms with Gasteiger partial charge < -0.3 is 16.3 Å². The predicted molar refractivity (Wildman–Crippen MR) is 136 cm³/mol. The molecule has 0 radical (unpaired) electrons. The summed E-state index contributed by atoms with van der Waals surface area (Å²) in [6, 6.07) is 22.1. The maximum absolute atomic E-state index is 13.2. The first-order valence-corrected chi connectivity index (χ1v) is 12.4. The molecule has 3 aromatic carbocycles. The molecule has 0 atom stereocenters. The minimum Gasteiger partial charge on any atom is -0.411 e. The normalized spacial score (nSPS) is 11.5. The number of oxime groups is 1. The average molecular weight is 487 g/mol. The SMILES string of the molecule is CS(=O)(=O)c1ccccc1-c1ccc(NC(=O)c2cccnc2-c2cccc(N)c2C=NO)cc1. The number of benzene rings is 3. The highest BCUT2D eigenvalue weighted by Crippen LogP contribution is 2.30. The van der Waals surface area contributed by atoms with E-state index in [1.807, 2.05) is 0 Å². The summed E-state index contributed by atoms with van der Waals surface area (Å²) >= 11 is 0. The van der Waals surface area contributed by atoms with Crippen LogP contribution < -0.4 is 11.1 Å². The summed E-state index contributed by atoms with van der Waals surface area (Å²) in [4.78, 5) is 17.8. The molecule has 0 spiro atoms. The van der Waals surface area contributed by atoms with Crippen molar-refractivity contribution in [1.29, 1.82) is 0 Å². The van der Waals surface area contributed by atoms with Crippen LogP contribution in [-0.4, -0.2) is 37.0 Å². The number of nitrogens with two attached hydrogens (primary N) is 1. The van der Waals surface area contributed by atoms with Crippen molar-refractivity contribution >= 4 is 33.3 Å². The number of aromatic nitrogens is 1. The van der Waals surface area contributed by atoms with Crippen LogP contribution >= 0.6 is 0 Å². The third kappa shape index (κ3) is 5.04. The lowest BCUT2D eigenvalue weighted by atomic mass is 9.99. The molecule has 35 heavy (non-hydrogen) atoms. The van der Waals surface area contributed by atoms with Gasteiger partial charge in [-0.1, -0.05) is 47.6 Å². The van der Waals surface area contributed by atoms with Crippen LogP contribution in [0.25, 0.3) is 22.4 Å². The molecule has 4 rings (SSSR count). The number of sulfone groups is 1. The molecule has 8 nitrogen and oxygen atoms in total. The molecule has 0 bridgehead atoms. The predicted octanol–water partition coefficient (Wildman–Crippen LogP) is 4.46. The van der Waals surface area contributed by atoms with Gasteiger partial charge in [0.1, 0.15) is 0 Å². The van der Waals surface area contributed by atoms with Crippen molar-refractivity contribution in [3.05, 3.63) is 96.2 Å². The Kier molecular flexibility index (Phi) is 6.61. The number of carbonyl (C=O) groups excluding carboxylic acids is 1. The number of nitrogen functional groups attached to an aromatic ring is 1. The summed E-state index contributed by atoms with van der Waals surface area (Å²) in [5, 5.41) is 15.0. The summed E-state index contributed by atoms with van der Waals surface area (Å²) in [6.07, 6.45) is 3.93. The highest BCUT2D eigenvalue weighted by atomic mass is 32.2. The fraction of sp³-hybridized carbons (Fsp3) is 0.0385. The Hall–Kier alpha value is -4.50. The first-order valence-electron chi connectivity index (χ1n) is 10.5. The lowest BCUT2D eigenvalue weighted by molar-refractivity contribution is 0.102. The Morgan fingerprint density at radius 2 is 1.69 bits per heavy atom. The van der Waals surface area contributed by atoms with Gasteiger partial charge in [0, 0.05) is 40.5 Å². The highest BCUT2D eigenvalue weighted by Gasteiger charge is 2.18. The zero-order chi connectivity index (χ0) is 25.0. The van der Waals surface area contributed by atoms with Crippen LogP contribution in [0.15, 0.2) is 95.1 Å². The maximum Gasteiger partial charge on any atom is 0.257 e. The molecule has 0 unspecified atom stereocenters. The standard InChI is InChI=1S/C26H22N4O4S/c1-35(33,34)24-10-3-2-6-19(24)17-11-13-18(14-12-17)30-26(31)21-8-5-15-28-25(21)20-7-4-9-23(27)22(20)16-29-32/h2-16,32H,27H2,1H3,(H,30,31). The van der Waals surface area contributed by atoms with Gasteiger partial charge in [-0.15, -0.1) is 0 Å². The Morgan fingerprint density at radius 1 is 0.971 bits per heavy atom. The first kappa shape index (κ1) is 23.7. The Balaban J connectivity index is 1.65. The van der Waals surface area contributed by atoms with Crippen molar-refractivity contribution in [1.82, 2.24) is 4.98 Å². The zero-order valence-corrected chi connectivity index (χ0v) is 19.5. The summed E-state index contributed by atoms with van der Waals surface area (Å²) in [5.74, 6) is -0.397. The number of hydrogen-bond acceptors (Lipinski definition) is 7. The van der Waals surface area contributed by atoms with Gasteiger partial charge in [-0.05, 0) is 42.0 Å². The molecule has 1 amide bonds. The molecule has 0 aliphatic carbocycles. The van der Waals surface area contributed by atoms with Crippen LogP contribution in [0.1, 0.15) is 15.9 Å². The smallest absolute Gasteiger partial charge is 0.257 e. The van der Waals surface area contributed by atoms with E-state index < -0.39 is 15.7 Å². The van der Waals surface area contributed by atoms with Crippen LogP contribution in [0.5, 0.6) is 0 Å². The molecule has 176 valence electrons. The lowest BCUT2D eigenvalue weighted by Crippen LogP contribution is -2.14. The van der Waals surface area contributed by atoms with E-state index in [0.29, 0.717) is 44.9 Å². The van der Waals surface area contributed by atoms with Crippen LogP contribution in [-0.2, 0) is 9.84 Å². The number of amides is 1. The van der Waals surface area contributed by atoms with Gasteiger partial charge in [-0.3, -0.25) is 9.78 Å². The van der Waals surface area contributed by atoms with Crippen molar-refractivity contribution in [2.45, 2.75) is 4.90 Å². The van der Waals surface area contributed by atoms with E-state index in [0.717, 1.165) is 0 Å². The van der Waals surface area contributed by atoms with Gasteiger partial charge in [-0.25, -0.2) is 8.42 Å². The third-order valence-corrected chi connectivity index (χ3v) is 6.53. The lowest BCUT2D eigenvalue weighted by Gasteiger charge is -2.13. The highest BCUT2D eigenvalue weighted by molar-refractivity contribution is 7.90. The first-order chi connectivity index (χ1) is 16.8. The molecule has 0 fully saturated rings. The molecule has 0 saturated carbocycles. The van der Waals surface area contributed by atoms with Crippen molar-refractivity contribution in [2.75, 3.05) is 17.3 Å². The molecule has 0 aliphatic rings. The van der Waals surface area contributed by atoms with Gasteiger partial charge in [0.25, 0.3) is 5.91 Å². The van der Waals surface area contributed by atoms with Crippen LogP contribution in [0.4, 0.5) is 11.4 Å². The molecule has 4 N–H and O–H groups in total. The number of hydrogen-bond donors (Lipinski definition) is 3. The van der Waals surface area contributed by atoms with Crippen LogP contribution in [0.3, 0.4) is 0 Å². The van der Waals surface area contributed by atoms with Crippen molar-refractivity contribution < 1.29 is 18.4 Å². The summed E-state index contributed by atoms with van der Waals surface area (Å²) in [7, 11) is -3.40. The van der Waals surface area contributed by atoms with E-state index in [4.69, 9.17) is 10.9 Å².